The van der Waals surface area contributed by atoms with E-state index in [1.54, 1.807) is 26.0 Å². The maximum absolute atomic E-state index is 12.6. The van der Waals surface area contributed by atoms with Crippen LogP contribution in [-0.4, -0.2) is 15.0 Å². The number of sulfonamides is 1. The van der Waals surface area contributed by atoms with Gasteiger partial charge in [-0.3, -0.25) is 0 Å². The molecule has 1 fully saturated rings. The molecule has 0 aliphatic heterocycles. The molecule has 0 spiro atoms. The van der Waals surface area contributed by atoms with E-state index in [4.69, 9.17) is 5.73 Å². The lowest BCUT2D eigenvalue weighted by Crippen LogP contribution is -2.33. The molecule has 0 heterocycles. The largest absolute Gasteiger partial charge is 0.398 e. The van der Waals surface area contributed by atoms with Crippen molar-refractivity contribution in [2.45, 2.75) is 45.4 Å². The number of anilines is 1. The molecule has 3 N–H and O–H groups in total. The van der Waals surface area contributed by atoms with Crippen LogP contribution in [0, 0.1) is 25.2 Å². The van der Waals surface area contributed by atoms with E-state index in [0.29, 0.717) is 28.6 Å². The summed E-state index contributed by atoms with van der Waals surface area (Å²) in [6.07, 6.45) is 2.20. The lowest BCUT2D eigenvalue weighted by Gasteiger charge is -2.21. The topological polar surface area (TPSA) is 72.2 Å². The van der Waals surface area contributed by atoms with Crippen molar-refractivity contribution in [3.63, 3.8) is 0 Å². The van der Waals surface area contributed by atoms with Crippen LogP contribution in [0.15, 0.2) is 17.0 Å². The Morgan fingerprint density at radius 2 is 1.90 bits per heavy atom. The van der Waals surface area contributed by atoms with Gasteiger partial charge in [0.15, 0.2) is 0 Å². The second-order valence-electron chi connectivity index (χ2n) is 6.27. The molecule has 0 bridgehead atoms. The molecule has 1 aliphatic rings. The van der Waals surface area contributed by atoms with Crippen LogP contribution in [0.4, 0.5) is 5.69 Å². The molecule has 112 valence electrons. The quantitative estimate of drug-likeness (QED) is 0.820. The van der Waals surface area contributed by atoms with Crippen LogP contribution >= 0.6 is 0 Å². The summed E-state index contributed by atoms with van der Waals surface area (Å²) in [5, 5.41) is 0. The van der Waals surface area contributed by atoms with Crippen LogP contribution in [0.3, 0.4) is 0 Å². The summed E-state index contributed by atoms with van der Waals surface area (Å²) in [5.74, 6) is 0.494. The van der Waals surface area contributed by atoms with Gasteiger partial charge in [0.2, 0.25) is 10.0 Å². The Kier molecular flexibility index (Phi) is 3.86. The molecule has 1 aliphatic carbocycles. The van der Waals surface area contributed by atoms with Crippen molar-refractivity contribution < 1.29 is 8.42 Å². The second-order valence-corrected chi connectivity index (χ2v) is 7.97. The van der Waals surface area contributed by atoms with Gasteiger partial charge in [0.1, 0.15) is 0 Å². The fourth-order valence-corrected chi connectivity index (χ4v) is 4.32. The number of rotatable bonds is 5. The Hall–Kier alpha value is -1.07. The van der Waals surface area contributed by atoms with E-state index < -0.39 is 10.0 Å². The third-order valence-corrected chi connectivity index (χ3v) is 6.33. The molecule has 4 nitrogen and oxygen atoms in total. The first-order valence-electron chi connectivity index (χ1n) is 7.05. The molecule has 1 aromatic rings. The van der Waals surface area contributed by atoms with Crippen molar-refractivity contribution >= 4 is 15.7 Å². The van der Waals surface area contributed by atoms with Crippen LogP contribution in [0.5, 0.6) is 0 Å². The third-order valence-electron chi connectivity index (χ3n) is 4.64. The van der Waals surface area contributed by atoms with E-state index in [2.05, 4.69) is 18.6 Å². The number of benzene rings is 1. The van der Waals surface area contributed by atoms with Crippen molar-refractivity contribution in [2.24, 2.45) is 11.3 Å². The van der Waals surface area contributed by atoms with Gasteiger partial charge in [0.25, 0.3) is 0 Å². The summed E-state index contributed by atoms with van der Waals surface area (Å²) in [7, 11) is -3.50. The molecule has 0 radical (unpaired) electrons. The maximum atomic E-state index is 12.6. The lowest BCUT2D eigenvalue weighted by atomic mass is 9.93. The maximum Gasteiger partial charge on any atom is 0.241 e. The molecular formula is C15H24N2O2S. The highest BCUT2D eigenvalue weighted by atomic mass is 32.2. The average Bonchev–Trinajstić information content (AvgIpc) is 3.13. The first kappa shape index (κ1) is 15.3. The second kappa shape index (κ2) is 5.04. The zero-order chi connectivity index (χ0) is 15.1. The standard InChI is InChI=1S/C15H24N2O2S/c1-10(2)15(7-8-15)9-17-20(18,19)14-11(3)5-6-13(16)12(14)4/h5-6,10,17H,7-9,16H2,1-4H3. The van der Waals surface area contributed by atoms with Gasteiger partial charge in [0, 0.05) is 12.2 Å². The SMILES string of the molecule is Cc1ccc(N)c(C)c1S(=O)(=O)NCC1(C(C)C)CC1. The number of nitrogens with one attached hydrogen (secondary N) is 1. The van der Waals surface area contributed by atoms with Crippen LogP contribution in [0.25, 0.3) is 0 Å². The highest BCUT2D eigenvalue weighted by Crippen LogP contribution is 2.51. The molecule has 0 atom stereocenters. The first-order valence-corrected chi connectivity index (χ1v) is 8.53. The van der Waals surface area contributed by atoms with Crippen LogP contribution < -0.4 is 10.5 Å². The van der Waals surface area contributed by atoms with E-state index in [1.165, 1.54) is 0 Å². The molecule has 5 heteroatoms. The molecule has 0 unspecified atom stereocenters. The van der Waals surface area contributed by atoms with Gasteiger partial charge in [0.05, 0.1) is 4.90 Å². The summed E-state index contributed by atoms with van der Waals surface area (Å²) < 4.78 is 27.9. The van der Waals surface area contributed by atoms with Crippen LogP contribution in [0.1, 0.15) is 37.8 Å². The van der Waals surface area contributed by atoms with E-state index >= 15 is 0 Å². The Labute approximate surface area is 121 Å². The fraction of sp³-hybridized carbons (Fsp3) is 0.600. The highest BCUT2D eigenvalue weighted by molar-refractivity contribution is 7.89. The third kappa shape index (κ3) is 2.69. The van der Waals surface area contributed by atoms with E-state index in [0.717, 1.165) is 18.4 Å². The fourth-order valence-electron chi connectivity index (χ4n) is 2.69. The molecule has 1 saturated carbocycles. The van der Waals surface area contributed by atoms with Gasteiger partial charge in [-0.25, -0.2) is 13.1 Å². The summed E-state index contributed by atoms with van der Waals surface area (Å²) in [4.78, 5) is 0.331. The zero-order valence-corrected chi connectivity index (χ0v) is 13.5. The van der Waals surface area contributed by atoms with Crippen molar-refractivity contribution in [2.75, 3.05) is 12.3 Å². The Balaban J connectivity index is 2.26. The predicted octanol–water partition coefficient (Wildman–Crippen LogP) is 2.60. The van der Waals surface area contributed by atoms with Crippen molar-refractivity contribution in [3.8, 4) is 0 Å². The minimum Gasteiger partial charge on any atom is -0.398 e. The molecule has 0 aromatic heterocycles. The van der Waals surface area contributed by atoms with Gasteiger partial charge in [-0.05, 0) is 55.2 Å². The Bertz CT molecular complexity index is 617. The van der Waals surface area contributed by atoms with Crippen molar-refractivity contribution in [1.29, 1.82) is 0 Å². The van der Waals surface area contributed by atoms with Gasteiger partial charge in [-0.1, -0.05) is 19.9 Å². The molecule has 0 saturated heterocycles. The Morgan fingerprint density at radius 1 is 1.30 bits per heavy atom. The summed E-state index contributed by atoms with van der Waals surface area (Å²) in [5.41, 5.74) is 7.87. The number of hydrogen-bond donors (Lipinski definition) is 2. The van der Waals surface area contributed by atoms with Gasteiger partial charge in [-0.15, -0.1) is 0 Å². The number of hydrogen-bond acceptors (Lipinski definition) is 3. The summed E-state index contributed by atoms with van der Waals surface area (Å²) in [6, 6.07) is 3.51. The smallest absolute Gasteiger partial charge is 0.241 e. The van der Waals surface area contributed by atoms with Crippen LogP contribution in [0.2, 0.25) is 0 Å². The number of aryl methyl sites for hydroxylation is 1. The van der Waals surface area contributed by atoms with Crippen LogP contribution in [-0.2, 0) is 10.0 Å². The number of nitrogens with two attached hydrogens (primary N) is 1. The molecule has 0 amide bonds. The Morgan fingerprint density at radius 3 is 2.40 bits per heavy atom. The van der Waals surface area contributed by atoms with Gasteiger partial charge >= 0.3 is 0 Å². The monoisotopic (exact) mass is 296 g/mol. The number of nitrogen functional groups attached to an aromatic ring is 1. The van der Waals surface area contributed by atoms with Crippen molar-refractivity contribution in [3.05, 3.63) is 23.3 Å². The lowest BCUT2D eigenvalue weighted by molar-refractivity contribution is 0.357. The van der Waals surface area contributed by atoms with Crippen molar-refractivity contribution in [1.82, 2.24) is 4.72 Å². The van der Waals surface area contributed by atoms with Gasteiger partial charge in [-0.2, -0.15) is 0 Å². The van der Waals surface area contributed by atoms with E-state index in [1.807, 2.05) is 0 Å². The summed E-state index contributed by atoms with van der Waals surface area (Å²) >= 11 is 0. The first-order chi connectivity index (χ1) is 9.19. The molecular weight excluding hydrogens is 272 g/mol. The zero-order valence-electron chi connectivity index (χ0n) is 12.7. The summed E-state index contributed by atoms with van der Waals surface area (Å²) in [6.45, 7) is 8.37. The molecule has 2 rings (SSSR count). The van der Waals surface area contributed by atoms with E-state index in [-0.39, 0.29) is 5.41 Å². The highest BCUT2D eigenvalue weighted by Gasteiger charge is 2.45. The predicted molar refractivity (Wildman–Crippen MR) is 82.0 cm³/mol. The molecule has 1 aromatic carbocycles. The van der Waals surface area contributed by atoms with Gasteiger partial charge < -0.3 is 5.73 Å². The average molecular weight is 296 g/mol. The normalized spacial score (nSPS) is 17.4. The van der Waals surface area contributed by atoms with E-state index in [9.17, 15) is 8.42 Å². The molecule has 20 heavy (non-hydrogen) atoms. The minimum absolute atomic E-state index is 0.148. The minimum atomic E-state index is -3.50.